The molecule has 0 bridgehead atoms. The van der Waals surface area contributed by atoms with Gasteiger partial charge in [0.1, 0.15) is 5.75 Å². The van der Waals surface area contributed by atoms with Crippen LogP contribution < -0.4 is 15.4 Å². The summed E-state index contributed by atoms with van der Waals surface area (Å²) in [6.07, 6.45) is 3.14. The van der Waals surface area contributed by atoms with Gasteiger partial charge in [-0.15, -0.1) is 12.4 Å². The molecule has 1 aliphatic heterocycles. The smallest absolute Gasteiger partial charge is 0.262 e. The van der Waals surface area contributed by atoms with Gasteiger partial charge in [-0.3, -0.25) is 14.6 Å². The third-order valence-corrected chi connectivity index (χ3v) is 3.07. The van der Waals surface area contributed by atoms with Crippen LogP contribution in [0.4, 0.5) is 5.69 Å². The van der Waals surface area contributed by atoms with Crippen molar-refractivity contribution in [2.75, 3.05) is 11.9 Å². The van der Waals surface area contributed by atoms with Crippen LogP contribution in [0.15, 0.2) is 42.7 Å². The first kappa shape index (κ1) is 15.8. The first-order valence-corrected chi connectivity index (χ1v) is 6.46. The lowest BCUT2D eigenvalue weighted by Crippen LogP contribution is -2.26. The van der Waals surface area contributed by atoms with Crippen molar-refractivity contribution >= 4 is 29.9 Å². The number of amides is 2. The zero-order valence-corrected chi connectivity index (χ0v) is 12.4. The van der Waals surface area contributed by atoms with Gasteiger partial charge in [0.2, 0.25) is 0 Å². The molecule has 2 N–H and O–H groups in total. The van der Waals surface area contributed by atoms with Gasteiger partial charge in [0.15, 0.2) is 6.61 Å². The summed E-state index contributed by atoms with van der Waals surface area (Å²) in [6.45, 7) is 0.398. The zero-order valence-electron chi connectivity index (χ0n) is 11.5. The molecule has 0 aliphatic carbocycles. The van der Waals surface area contributed by atoms with Crippen molar-refractivity contribution in [3.63, 3.8) is 0 Å². The zero-order chi connectivity index (χ0) is 14.7. The van der Waals surface area contributed by atoms with Gasteiger partial charge in [-0.2, -0.15) is 0 Å². The summed E-state index contributed by atoms with van der Waals surface area (Å²) in [4.78, 5) is 27.1. The lowest BCUT2D eigenvalue weighted by molar-refractivity contribution is -0.118. The van der Waals surface area contributed by atoms with Crippen LogP contribution in [-0.4, -0.2) is 23.4 Å². The topological polar surface area (TPSA) is 80.3 Å². The van der Waals surface area contributed by atoms with E-state index in [2.05, 4.69) is 15.6 Å². The SMILES string of the molecule is Cl.O=C1COc2ccc(CNC(=O)c3ccncc3)cc2N1. The molecule has 7 heteroatoms. The summed E-state index contributed by atoms with van der Waals surface area (Å²) < 4.78 is 5.28. The van der Waals surface area contributed by atoms with Crippen LogP contribution in [-0.2, 0) is 11.3 Å². The quantitative estimate of drug-likeness (QED) is 0.903. The molecule has 3 rings (SSSR count). The highest BCUT2D eigenvalue weighted by atomic mass is 35.5. The Morgan fingerprint density at radius 1 is 1.27 bits per heavy atom. The predicted molar refractivity (Wildman–Crippen MR) is 83.2 cm³/mol. The number of ether oxygens (including phenoxy) is 1. The van der Waals surface area contributed by atoms with Crippen molar-refractivity contribution in [3.8, 4) is 5.75 Å². The van der Waals surface area contributed by atoms with Gasteiger partial charge in [0.25, 0.3) is 11.8 Å². The predicted octanol–water partition coefficient (Wildman–Crippen LogP) is 1.76. The normalized spacial score (nSPS) is 12.3. The Hall–Kier alpha value is -2.60. The number of aromatic nitrogens is 1. The minimum absolute atomic E-state index is 0. The maximum absolute atomic E-state index is 11.9. The Morgan fingerprint density at radius 2 is 2.05 bits per heavy atom. The molecule has 22 heavy (non-hydrogen) atoms. The maximum Gasteiger partial charge on any atom is 0.262 e. The Bertz CT molecular complexity index is 692. The van der Waals surface area contributed by atoms with Crippen molar-refractivity contribution in [2.45, 2.75) is 6.54 Å². The van der Waals surface area contributed by atoms with Gasteiger partial charge in [0.05, 0.1) is 5.69 Å². The number of nitrogens with one attached hydrogen (secondary N) is 2. The molecule has 0 unspecified atom stereocenters. The van der Waals surface area contributed by atoms with Gasteiger partial charge < -0.3 is 15.4 Å². The molecule has 2 aromatic rings. The van der Waals surface area contributed by atoms with Gasteiger partial charge in [-0.25, -0.2) is 0 Å². The maximum atomic E-state index is 11.9. The lowest BCUT2D eigenvalue weighted by atomic mass is 10.1. The van der Waals surface area contributed by atoms with Crippen LogP contribution in [0.5, 0.6) is 5.75 Å². The van der Waals surface area contributed by atoms with Crippen molar-refractivity contribution < 1.29 is 14.3 Å². The molecule has 114 valence electrons. The number of hydrogen-bond donors (Lipinski definition) is 2. The summed E-state index contributed by atoms with van der Waals surface area (Å²) in [5.74, 6) is 0.287. The van der Waals surface area contributed by atoms with Crippen molar-refractivity contribution in [3.05, 3.63) is 53.9 Å². The summed E-state index contributed by atoms with van der Waals surface area (Å²) in [7, 11) is 0. The number of halogens is 1. The number of pyridine rings is 1. The Morgan fingerprint density at radius 3 is 2.82 bits per heavy atom. The molecular formula is C15H14ClN3O3. The third-order valence-electron chi connectivity index (χ3n) is 3.07. The Kier molecular flexibility index (Phi) is 4.95. The summed E-state index contributed by atoms with van der Waals surface area (Å²) in [5.41, 5.74) is 2.06. The molecule has 0 fully saturated rings. The summed E-state index contributed by atoms with van der Waals surface area (Å²) >= 11 is 0. The number of anilines is 1. The molecule has 0 spiro atoms. The van der Waals surface area contributed by atoms with Gasteiger partial charge in [-0.1, -0.05) is 6.07 Å². The molecular weight excluding hydrogens is 306 g/mol. The van der Waals surface area contributed by atoms with E-state index in [0.29, 0.717) is 23.5 Å². The van der Waals surface area contributed by atoms with E-state index in [1.54, 1.807) is 36.7 Å². The van der Waals surface area contributed by atoms with E-state index in [1.165, 1.54) is 0 Å². The highest BCUT2D eigenvalue weighted by molar-refractivity contribution is 5.95. The molecule has 0 saturated carbocycles. The molecule has 0 radical (unpaired) electrons. The molecule has 6 nitrogen and oxygen atoms in total. The van der Waals surface area contributed by atoms with Crippen LogP contribution in [0.2, 0.25) is 0 Å². The van der Waals surface area contributed by atoms with E-state index >= 15 is 0 Å². The molecule has 1 aromatic heterocycles. The van der Waals surface area contributed by atoms with Crippen molar-refractivity contribution in [2.24, 2.45) is 0 Å². The van der Waals surface area contributed by atoms with Gasteiger partial charge >= 0.3 is 0 Å². The standard InChI is InChI=1S/C15H13N3O3.ClH/c19-14-9-21-13-2-1-10(7-12(13)18-14)8-17-15(20)11-3-5-16-6-4-11;/h1-7H,8-9H2,(H,17,20)(H,18,19);1H. The van der Waals surface area contributed by atoms with Crippen molar-refractivity contribution in [1.29, 1.82) is 0 Å². The van der Waals surface area contributed by atoms with Crippen molar-refractivity contribution in [1.82, 2.24) is 10.3 Å². The Labute approximate surface area is 133 Å². The first-order chi connectivity index (χ1) is 10.2. The van der Waals surface area contributed by atoms with E-state index in [-0.39, 0.29) is 30.8 Å². The van der Waals surface area contributed by atoms with Gasteiger partial charge in [0, 0.05) is 24.5 Å². The summed E-state index contributed by atoms with van der Waals surface area (Å²) in [6, 6.07) is 8.72. The Balaban J connectivity index is 0.00000176. The van der Waals surface area contributed by atoms with Crippen LogP contribution in [0.25, 0.3) is 0 Å². The minimum atomic E-state index is -0.180. The first-order valence-electron chi connectivity index (χ1n) is 6.46. The van der Waals surface area contributed by atoms with Crippen LogP contribution >= 0.6 is 12.4 Å². The highest BCUT2D eigenvalue weighted by Gasteiger charge is 2.16. The summed E-state index contributed by atoms with van der Waals surface area (Å²) in [5, 5.41) is 5.55. The average Bonchev–Trinajstić information content (AvgIpc) is 2.53. The fourth-order valence-corrected chi connectivity index (χ4v) is 2.03. The number of carbonyl (C=O) groups excluding carboxylic acids is 2. The lowest BCUT2D eigenvalue weighted by Gasteiger charge is -2.18. The number of nitrogens with zero attached hydrogens (tertiary/aromatic N) is 1. The number of fused-ring (bicyclic) bond motifs is 1. The van der Waals surface area contributed by atoms with E-state index in [9.17, 15) is 9.59 Å². The van der Waals surface area contributed by atoms with Crippen LogP contribution in [0.1, 0.15) is 15.9 Å². The second-order valence-corrected chi connectivity index (χ2v) is 4.59. The van der Waals surface area contributed by atoms with Crippen LogP contribution in [0.3, 0.4) is 0 Å². The highest BCUT2D eigenvalue weighted by Crippen LogP contribution is 2.28. The fraction of sp³-hybridized carbons (Fsp3) is 0.133. The second-order valence-electron chi connectivity index (χ2n) is 4.59. The molecule has 0 saturated heterocycles. The van der Waals surface area contributed by atoms with Gasteiger partial charge in [-0.05, 0) is 29.8 Å². The van der Waals surface area contributed by atoms with E-state index in [4.69, 9.17) is 4.74 Å². The molecule has 1 aliphatic rings. The fourth-order valence-electron chi connectivity index (χ4n) is 2.03. The number of benzene rings is 1. The molecule has 2 heterocycles. The van der Waals surface area contributed by atoms with E-state index in [0.717, 1.165) is 5.56 Å². The number of rotatable bonds is 3. The minimum Gasteiger partial charge on any atom is -0.482 e. The van der Waals surface area contributed by atoms with E-state index < -0.39 is 0 Å². The average molecular weight is 320 g/mol. The number of carbonyl (C=O) groups is 2. The monoisotopic (exact) mass is 319 g/mol. The van der Waals surface area contributed by atoms with Crippen LogP contribution in [0, 0.1) is 0 Å². The molecule has 1 aromatic carbocycles. The molecule has 0 atom stereocenters. The second kappa shape index (κ2) is 6.91. The van der Waals surface area contributed by atoms with E-state index in [1.807, 2.05) is 6.07 Å². The largest absolute Gasteiger partial charge is 0.482 e. The number of hydrogen-bond acceptors (Lipinski definition) is 4. The third kappa shape index (κ3) is 3.53. The molecule has 2 amide bonds.